The van der Waals surface area contributed by atoms with E-state index in [2.05, 4.69) is 54.4 Å². The van der Waals surface area contributed by atoms with E-state index in [1.54, 1.807) is 0 Å². The first kappa shape index (κ1) is 21.1. The Labute approximate surface area is 192 Å². The van der Waals surface area contributed by atoms with Crippen molar-refractivity contribution in [1.29, 1.82) is 0 Å². The Morgan fingerprint density at radius 1 is 1.16 bits per heavy atom. The molecule has 6 rings (SSSR count). The average molecular weight is 439 g/mol. The number of benzene rings is 1. The van der Waals surface area contributed by atoms with Crippen LogP contribution in [0.2, 0.25) is 0 Å². The average Bonchev–Trinajstić information content (AvgIpc) is 3.47. The number of hydrogen-bond donors (Lipinski definition) is 1. The molecule has 3 saturated heterocycles. The number of nitrogens with one attached hydrogen (secondary N) is 1. The van der Waals surface area contributed by atoms with E-state index in [0.29, 0.717) is 12.0 Å². The Morgan fingerprint density at radius 3 is 2.72 bits per heavy atom. The van der Waals surface area contributed by atoms with Crippen LogP contribution in [0.1, 0.15) is 57.9 Å². The van der Waals surface area contributed by atoms with E-state index in [1.165, 1.54) is 24.8 Å². The van der Waals surface area contributed by atoms with Crippen LogP contribution >= 0.6 is 0 Å². The molecular formula is C27H38N2O3. The quantitative estimate of drug-likeness (QED) is 0.560. The van der Waals surface area contributed by atoms with E-state index in [0.717, 1.165) is 45.4 Å². The molecule has 2 saturated carbocycles. The lowest BCUT2D eigenvalue weighted by molar-refractivity contribution is -0.146. The molecule has 2 aliphatic carbocycles. The third-order valence-electron chi connectivity index (χ3n) is 9.66. The van der Waals surface area contributed by atoms with Crippen molar-refractivity contribution < 1.29 is 14.3 Å². The van der Waals surface area contributed by atoms with Crippen molar-refractivity contribution in [3.8, 4) is 0 Å². The molecule has 0 aromatic heterocycles. The van der Waals surface area contributed by atoms with Gasteiger partial charge in [0.2, 0.25) is 0 Å². The summed E-state index contributed by atoms with van der Waals surface area (Å²) in [6, 6.07) is 11.2. The van der Waals surface area contributed by atoms with Crippen LogP contribution in [-0.4, -0.2) is 54.4 Å². The third kappa shape index (κ3) is 3.26. The number of carbonyl (C=O) groups excluding carboxylic acids is 1. The first-order valence-corrected chi connectivity index (χ1v) is 12.9. The lowest BCUT2D eigenvalue weighted by Crippen LogP contribution is -2.55. The molecule has 5 nitrogen and oxygen atoms in total. The summed E-state index contributed by atoms with van der Waals surface area (Å²) in [5.74, 6) is 0.784. The van der Waals surface area contributed by atoms with E-state index in [1.807, 2.05) is 0 Å². The zero-order valence-electron chi connectivity index (χ0n) is 19.6. The first-order chi connectivity index (χ1) is 15.5. The second-order valence-electron chi connectivity index (χ2n) is 11.5. The summed E-state index contributed by atoms with van der Waals surface area (Å²) in [4.78, 5) is 15.4. The maximum Gasteiger partial charge on any atom is 0.311 e. The van der Waals surface area contributed by atoms with Crippen LogP contribution in [0.5, 0.6) is 0 Å². The Balaban J connectivity index is 1.06. The summed E-state index contributed by atoms with van der Waals surface area (Å²) < 4.78 is 12.6. The number of fused-ring (bicyclic) bond motifs is 2. The maximum absolute atomic E-state index is 12.9. The molecule has 0 unspecified atom stereocenters. The Hall–Kier alpha value is -1.43. The van der Waals surface area contributed by atoms with Crippen molar-refractivity contribution >= 4 is 5.97 Å². The van der Waals surface area contributed by atoms with E-state index in [-0.39, 0.29) is 41.0 Å². The SMILES string of the molecule is C[C@@H]1CCC[C@@]2(C)C[C@H]3OC(=O)[C@H](CNC4CCN(Cc5ccccc5)CC4)[C@@H]3[C@H]3O[C@@]132. The summed E-state index contributed by atoms with van der Waals surface area (Å²) >= 11 is 0. The molecule has 1 N–H and O–H groups in total. The summed E-state index contributed by atoms with van der Waals surface area (Å²) in [5, 5.41) is 3.76. The van der Waals surface area contributed by atoms with Crippen molar-refractivity contribution in [2.24, 2.45) is 23.2 Å². The molecule has 1 spiro atoms. The minimum absolute atomic E-state index is 0.00141. The first-order valence-electron chi connectivity index (χ1n) is 12.9. The smallest absolute Gasteiger partial charge is 0.311 e. The number of likely N-dealkylation sites (tertiary alicyclic amines) is 1. The van der Waals surface area contributed by atoms with Crippen LogP contribution in [0.25, 0.3) is 0 Å². The number of ether oxygens (including phenoxy) is 2. The summed E-state index contributed by atoms with van der Waals surface area (Å²) in [6.45, 7) is 8.75. The highest BCUT2D eigenvalue weighted by Gasteiger charge is 2.78. The number of carbonyl (C=O) groups is 1. The van der Waals surface area contributed by atoms with Gasteiger partial charge in [0.25, 0.3) is 0 Å². The second kappa shape index (κ2) is 7.82. The number of piperidine rings is 1. The molecule has 32 heavy (non-hydrogen) atoms. The van der Waals surface area contributed by atoms with Gasteiger partial charge in [0.05, 0.1) is 12.0 Å². The predicted molar refractivity (Wildman–Crippen MR) is 123 cm³/mol. The number of nitrogens with zero attached hydrogens (tertiary/aromatic N) is 1. The van der Waals surface area contributed by atoms with Gasteiger partial charge in [-0.1, -0.05) is 50.6 Å². The Bertz CT molecular complexity index is 854. The molecule has 5 aliphatic rings. The van der Waals surface area contributed by atoms with Gasteiger partial charge in [-0.05, 0) is 56.7 Å². The van der Waals surface area contributed by atoms with Gasteiger partial charge in [-0.15, -0.1) is 0 Å². The summed E-state index contributed by atoms with van der Waals surface area (Å²) in [6.07, 6.45) is 7.27. The highest BCUT2D eigenvalue weighted by molar-refractivity contribution is 5.76. The second-order valence-corrected chi connectivity index (χ2v) is 11.5. The van der Waals surface area contributed by atoms with Gasteiger partial charge in [0.15, 0.2) is 0 Å². The minimum Gasteiger partial charge on any atom is -0.462 e. The van der Waals surface area contributed by atoms with E-state index in [9.17, 15) is 4.79 Å². The van der Waals surface area contributed by atoms with Crippen LogP contribution in [-0.2, 0) is 20.8 Å². The predicted octanol–water partition coefficient (Wildman–Crippen LogP) is 3.77. The van der Waals surface area contributed by atoms with Gasteiger partial charge in [0, 0.05) is 30.5 Å². The van der Waals surface area contributed by atoms with Gasteiger partial charge in [-0.25, -0.2) is 0 Å². The van der Waals surface area contributed by atoms with Gasteiger partial charge >= 0.3 is 5.97 Å². The maximum atomic E-state index is 12.9. The highest BCUT2D eigenvalue weighted by Crippen LogP contribution is 2.70. The lowest BCUT2D eigenvalue weighted by Gasteiger charge is -2.48. The fraction of sp³-hybridized carbons (Fsp3) is 0.741. The van der Waals surface area contributed by atoms with Gasteiger partial charge < -0.3 is 14.8 Å². The standard InChI is InChI=1S/C27H38N2O3/c1-18-7-6-12-26(2)15-22-23(24-27(18,26)32-24)21(25(30)31-22)16-28-20-10-13-29(14-11-20)17-19-8-4-3-5-9-19/h3-5,8-9,18,20-24,28H,6-7,10-17H2,1-2H3/t18-,21-,22-,23+,24-,26+,27+/m1/s1. The highest BCUT2D eigenvalue weighted by atomic mass is 16.6. The van der Waals surface area contributed by atoms with Gasteiger partial charge in [-0.3, -0.25) is 9.69 Å². The van der Waals surface area contributed by atoms with Crippen molar-refractivity contribution in [2.45, 2.75) is 82.8 Å². The van der Waals surface area contributed by atoms with Crippen LogP contribution in [0.15, 0.2) is 30.3 Å². The molecule has 3 aliphatic heterocycles. The van der Waals surface area contributed by atoms with Crippen molar-refractivity contribution in [2.75, 3.05) is 19.6 Å². The normalized spacial score (nSPS) is 43.8. The summed E-state index contributed by atoms with van der Waals surface area (Å²) in [5.41, 5.74) is 1.56. The molecule has 174 valence electrons. The largest absolute Gasteiger partial charge is 0.462 e. The monoisotopic (exact) mass is 438 g/mol. The molecule has 1 aromatic carbocycles. The molecule has 0 bridgehead atoms. The number of hydrogen-bond acceptors (Lipinski definition) is 5. The molecule has 0 radical (unpaired) electrons. The molecule has 5 heteroatoms. The molecular weight excluding hydrogens is 400 g/mol. The number of epoxide rings is 1. The molecule has 3 heterocycles. The zero-order chi connectivity index (χ0) is 21.9. The number of rotatable bonds is 5. The van der Waals surface area contributed by atoms with Crippen LogP contribution in [0.4, 0.5) is 0 Å². The summed E-state index contributed by atoms with van der Waals surface area (Å²) in [7, 11) is 0. The third-order valence-corrected chi connectivity index (χ3v) is 9.66. The van der Waals surface area contributed by atoms with Gasteiger partial charge in [0.1, 0.15) is 11.7 Å². The fourth-order valence-electron chi connectivity index (χ4n) is 7.90. The Kier molecular flexibility index (Phi) is 5.16. The van der Waals surface area contributed by atoms with Crippen LogP contribution in [0.3, 0.4) is 0 Å². The zero-order valence-corrected chi connectivity index (χ0v) is 19.6. The molecule has 1 aromatic rings. The van der Waals surface area contributed by atoms with Crippen LogP contribution < -0.4 is 5.32 Å². The van der Waals surface area contributed by atoms with E-state index in [4.69, 9.17) is 9.47 Å². The van der Waals surface area contributed by atoms with E-state index >= 15 is 0 Å². The Morgan fingerprint density at radius 2 is 1.94 bits per heavy atom. The fourth-order valence-corrected chi connectivity index (χ4v) is 7.90. The number of esters is 1. The van der Waals surface area contributed by atoms with E-state index < -0.39 is 0 Å². The van der Waals surface area contributed by atoms with Crippen molar-refractivity contribution in [1.82, 2.24) is 10.2 Å². The molecule has 0 amide bonds. The van der Waals surface area contributed by atoms with Crippen molar-refractivity contribution in [3.05, 3.63) is 35.9 Å². The van der Waals surface area contributed by atoms with Crippen LogP contribution in [0, 0.1) is 23.2 Å². The molecule has 5 fully saturated rings. The minimum atomic E-state index is -0.0506. The van der Waals surface area contributed by atoms with Gasteiger partial charge in [-0.2, -0.15) is 0 Å². The lowest BCUT2D eigenvalue weighted by atomic mass is 9.53. The molecule has 7 atom stereocenters. The van der Waals surface area contributed by atoms with Crippen molar-refractivity contribution in [3.63, 3.8) is 0 Å². The topological polar surface area (TPSA) is 54.1 Å².